The lowest BCUT2D eigenvalue weighted by molar-refractivity contribution is -0.144. The Hall–Kier alpha value is -6.81. The highest BCUT2D eigenvalue weighted by atomic mass is 32.1. The number of terminal acetylenes is 1. The number of ether oxygens (including phenoxy) is 1. The smallest absolute Gasteiger partial charge is 0.319 e. The number of aromatic nitrogens is 4. The van der Waals surface area contributed by atoms with Gasteiger partial charge in [-0.05, 0) is 105 Å². The molecule has 428 valence electrons. The van der Waals surface area contributed by atoms with E-state index in [0.29, 0.717) is 55.6 Å². The van der Waals surface area contributed by atoms with E-state index in [4.69, 9.17) is 16.1 Å². The van der Waals surface area contributed by atoms with Crippen LogP contribution in [0.2, 0.25) is 0 Å². The van der Waals surface area contributed by atoms with Crippen LogP contribution in [0.1, 0.15) is 140 Å². The minimum atomic E-state index is -0.750. The second-order valence-corrected chi connectivity index (χ2v) is 24.7. The Morgan fingerprint density at radius 3 is 2.33 bits per heavy atom. The number of hydrogen-bond acceptors (Lipinski definition) is 13. The van der Waals surface area contributed by atoms with Crippen LogP contribution < -0.4 is 25.6 Å². The molecule has 3 aromatic heterocycles. The van der Waals surface area contributed by atoms with Gasteiger partial charge in [-0.2, -0.15) is 9.97 Å². The molecule has 3 unspecified atom stereocenters. The third-order valence-electron chi connectivity index (χ3n) is 16.8. The van der Waals surface area contributed by atoms with E-state index in [9.17, 15) is 19.5 Å². The maximum Gasteiger partial charge on any atom is 0.319 e. The van der Waals surface area contributed by atoms with Crippen LogP contribution in [-0.4, -0.2) is 122 Å². The lowest BCUT2D eigenvalue weighted by Crippen LogP contribution is -2.57. The number of phenolic OH excluding ortho intramolecular Hbond substituents is 1. The summed E-state index contributed by atoms with van der Waals surface area (Å²) in [5, 5.41) is 21.7. The number of aryl methyl sites for hydroxylation is 1. The number of thiazole rings is 1. The number of likely N-dealkylation sites (tertiary alicyclic amines) is 2. The minimum Gasteiger partial charge on any atom is -0.508 e. The van der Waals surface area contributed by atoms with Crippen LogP contribution in [0.4, 0.5) is 14.6 Å². The molecule has 0 spiro atoms. The van der Waals surface area contributed by atoms with Gasteiger partial charge in [-0.1, -0.05) is 95.5 Å². The first-order chi connectivity index (χ1) is 39.0. The van der Waals surface area contributed by atoms with Crippen molar-refractivity contribution in [1.29, 1.82) is 0 Å². The zero-order valence-corrected chi connectivity index (χ0v) is 48.1. The molecule has 0 radical (unpaired) electrons. The molecule has 6 atom stereocenters. The van der Waals surface area contributed by atoms with Gasteiger partial charge in [-0.3, -0.25) is 24.3 Å². The number of nitrogens with one attached hydrogen (secondary N) is 3. The van der Waals surface area contributed by atoms with Crippen LogP contribution in [0.5, 0.6) is 11.8 Å². The van der Waals surface area contributed by atoms with Gasteiger partial charge in [0.25, 0.3) is 0 Å². The number of phenols is 1. The standard InChI is InChI=1S/C63H76F2N10O5S/c1-7-47-50(64)26-23-42-31-45(76)32-48(53(42)47)55-54(65)56-49(33-66-55)59(74-34-43-24-25-44(35-74)69-43)72-62(71-56)80-46-27-30-73(36-46)28-15-13-11-9-8-10-12-14-18-52(77)70-58(63(4,5)6)61(79)75-29-16-17-51(75)60(78)68-38(2)40-19-21-41(22-20-40)57-39(3)67-37-81-57/h1,19-23,26,31-33,37-38,43-44,46,51,58,69,76H,8-18,24-25,27-30,34-36H2,2-6H3,(H,68,78)(H,70,77)/t38-,43?,44?,46-,51-,58?/m0/s1. The van der Waals surface area contributed by atoms with E-state index >= 15 is 8.78 Å². The van der Waals surface area contributed by atoms with Gasteiger partial charge in [-0.15, -0.1) is 17.8 Å². The summed E-state index contributed by atoms with van der Waals surface area (Å²) >= 11 is 1.60. The highest BCUT2D eigenvalue weighted by Crippen LogP contribution is 2.40. The van der Waals surface area contributed by atoms with Crippen molar-refractivity contribution in [2.45, 2.75) is 161 Å². The molecule has 15 nitrogen and oxygen atoms in total. The van der Waals surface area contributed by atoms with Crippen molar-refractivity contribution < 1.29 is 33.0 Å². The van der Waals surface area contributed by atoms with E-state index in [1.54, 1.807) is 22.4 Å². The van der Waals surface area contributed by atoms with Crippen LogP contribution >= 0.6 is 11.3 Å². The van der Waals surface area contributed by atoms with Crippen LogP contribution in [0.3, 0.4) is 0 Å². The summed E-state index contributed by atoms with van der Waals surface area (Å²) in [6.07, 6.45) is 19.9. The van der Waals surface area contributed by atoms with Gasteiger partial charge in [0.1, 0.15) is 46.8 Å². The highest BCUT2D eigenvalue weighted by Gasteiger charge is 2.42. The molecule has 3 amide bonds. The molecule has 10 rings (SSSR count). The lowest BCUT2D eigenvalue weighted by Gasteiger charge is -2.35. The largest absolute Gasteiger partial charge is 0.508 e. The molecule has 4 saturated heterocycles. The Morgan fingerprint density at radius 1 is 0.901 bits per heavy atom. The topological polar surface area (TPSA) is 178 Å². The number of unbranched alkanes of at least 4 members (excludes halogenated alkanes) is 7. The Labute approximate surface area is 478 Å². The number of benzene rings is 3. The Morgan fingerprint density at radius 2 is 1.63 bits per heavy atom. The summed E-state index contributed by atoms with van der Waals surface area (Å²) in [6.45, 7) is 14.2. The van der Waals surface area contributed by atoms with Crippen molar-refractivity contribution in [2.75, 3.05) is 44.2 Å². The zero-order valence-electron chi connectivity index (χ0n) is 47.3. The maximum absolute atomic E-state index is 17.1. The molecule has 2 bridgehead atoms. The second kappa shape index (κ2) is 25.1. The number of carbonyl (C=O) groups excluding carboxylic acids is 3. The fraction of sp³-hybridized carbons (Fsp3) is 0.508. The lowest BCUT2D eigenvalue weighted by atomic mass is 9.85. The van der Waals surface area contributed by atoms with Crippen LogP contribution in [0.15, 0.2) is 60.2 Å². The van der Waals surface area contributed by atoms with Crippen molar-refractivity contribution >= 4 is 56.6 Å². The van der Waals surface area contributed by atoms with Crippen LogP contribution in [0, 0.1) is 36.3 Å². The third-order valence-corrected chi connectivity index (χ3v) is 17.8. The van der Waals surface area contributed by atoms with Crippen molar-refractivity contribution in [3.8, 4) is 45.8 Å². The molecule has 0 aliphatic carbocycles. The maximum atomic E-state index is 17.1. The molecule has 4 fully saturated rings. The van der Waals surface area contributed by atoms with Crippen molar-refractivity contribution in [1.82, 2.24) is 45.7 Å². The molecule has 0 saturated carbocycles. The third kappa shape index (κ3) is 13.1. The first kappa shape index (κ1) is 57.4. The highest BCUT2D eigenvalue weighted by molar-refractivity contribution is 7.13. The number of anilines is 1. The number of fused-ring (bicyclic) bond motifs is 4. The van der Waals surface area contributed by atoms with Gasteiger partial charge in [0.15, 0.2) is 5.82 Å². The zero-order chi connectivity index (χ0) is 57.0. The van der Waals surface area contributed by atoms with E-state index in [2.05, 4.69) is 58.8 Å². The van der Waals surface area contributed by atoms with Crippen LogP contribution in [0.25, 0.3) is 43.4 Å². The van der Waals surface area contributed by atoms with E-state index in [-0.39, 0.29) is 81.4 Å². The number of hydrogen-bond donors (Lipinski definition) is 4. The average Bonchev–Trinajstić information content (AvgIpc) is 4.43. The number of rotatable bonds is 21. The molecule has 4 N–H and O–H groups in total. The van der Waals surface area contributed by atoms with E-state index < -0.39 is 29.1 Å². The normalized spacial score (nSPS) is 20.0. The van der Waals surface area contributed by atoms with Gasteiger partial charge in [-0.25, -0.2) is 13.8 Å². The average molecular weight is 1120 g/mol. The second-order valence-electron chi connectivity index (χ2n) is 23.8. The minimum absolute atomic E-state index is 0.0300. The summed E-state index contributed by atoms with van der Waals surface area (Å²) in [5.74, 6) is 0.933. The molecular formula is C63H76F2N10O5S. The molecule has 81 heavy (non-hydrogen) atoms. The summed E-state index contributed by atoms with van der Waals surface area (Å²) in [7, 11) is 0. The van der Waals surface area contributed by atoms with Crippen molar-refractivity contribution in [2.24, 2.45) is 5.41 Å². The first-order valence-electron chi connectivity index (χ1n) is 29.1. The predicted octanol–water partition coefficient (Wildman–Crippen LogP) is 10.5. The van der Waals surface area contributed by atoms with Gasteiger partial charge in [0.05, 0.1) is 33.1 Å². The Bertz CT molecular complexity index is 3290. The summed E-state index contributed by atoms with van der Waals surface area (Å²) in [4.78, 5) is 67.1. The summed E-state index contributed by atoms with van der Waals surface area (Å²) in [6, 6.07) is 12.8. The van der Waals surface area contributed by atoms with Gasteiger partial charge < -0.3 is 35.6 Å². The number of amides is 3. The fourth-order valence-electron chi connectivity index (χ4n) is 12.4. The molecule has 6 aromatic rings. The molecule has 4 aliphatic rings. The fourth-order valence-corrected chi connectivity index (χ4v) is 13.2. The Balaban J connectivity index is 0.658. The van der Waals surface area contributed by atoms with E-state index in [0.717, 1.165) is 112 Å². The molecular weight excluding hydrogens is 1050 g/mol. The van der Waals surface area contributed by atoms with Crippen molar-refractivity contribution in [3.05, 3.63) is 88.7 Å². The first-order valence-corrected chi connectivity index (χ1v) is 30.0. The molecule has 3 aromatic carbocycles. The monoisotopic (exact) mass is 1120 g/mol. The number of carbonyl (C=O) groups is 3. The van der Waals surface area contributed by atoms with E-state index in [1.807, 2.05) is 52.3 Å². The number of halogens is 2. The number of pyridine rings is 1. The number of nitrogens with zero attached hydrogens (tertiary/aromatic N) is 7. The SMILES string of the molecule is C#Cc1c(F)ccc2cc(O)cc(-c3ncc4c(N5CC6CCC(C5)N6)nc(O[C@H]5CCN(CCCCCCCCCCC(=O)NC(C(=O)N6CCC[C@H]6C(=O)N[C@@H](C)c6ccc(-c7scnc7C)cc6)C(C)(C)C)C5)nc4c3F)c12. The quantitative estimate of drug-likeness (QED) is 0.0397. The summed E-state index contributed by atoms with van der Waals surface area (Å²) < 4.78 is 38.6. The predicted molar refractivity (Wildman–Crippen MR) is 314 cm³/mol. The molecule has 18 heteroatoms. The van der Waals surface area contributed by atoms with Crippen LogP contribution in [-0.2, 0) is 14.4 Å². The van der Waals surface area contributed by atoms with Gasteiger partial charge in [0, 0.05) is 68.4 Å². The van der Waals surface area contributed by atoms with E-state index in [1.165, 1.54) is 24.3 Å². The van der Waals surface area contributed by atoms with Gasteiger partial charge in [0.2, 0.25) is 17.7 Å². The summed E-state index contributed by atoms with van der Waals surface area (Å²) in [5.41, 5.74) is 4.39. The number of aromatic hydroxyl groups is 1. The molecule has 4 aliphatic heterocycles. The Kier molecular flexibility index (Phi) is 17.8. The molecule has 7 heterocycles. The number of piperazine rings is 1. The van der Waals surface area contributed by atoms with Gasteiger partial charge >= 0.3 is 6.01 Å². The van der Waals surface area contributed by atoms with Crippen molar-refractivity contribution in [3.63, 3.8) is 0 Å².